The molecule has 0 bridgehead atoms. The molecular formula is C13H28N2O. The van der Waals surface area contributed by atoms with Gasteiger partial charge in [0.1, 0.15) is 0 Å². The molecule has 0 aliphatic carbocycles. The zero-order valence-electron chi connectivity index (χ0n) is 11.1. The third-order valence-corrected chi connectivity index (χ3v) is 3.57. The molecule has 2 N–H and O–H groups in total. The Bertz CT molecular complexity index is 179. The SMILES string of the molecule is CCN(CCC(N)C(C)C)CC1CCCO1. The fourth-order valence-electron chi connectivity index (χ4n) is 2.12. The molecule has 3 nitrogen and oxygen atoms in total. The van der Waals surface area contributed by atoms with E-state index in [9.17, 15) is 0 Å². The molecule has 0 aromatic rings. The summed E-state index contributed by atoms with van der Waals surface area (Å²) in [6, 6.07) is 0.332. The van der Waals surface area contributed by atoms with Crippen molar-refractivity contribution in [2.45, 2.75) is 52.2 Å². The van der Waals surface area contributed by atoms with E-state index in [-0.39, 0.29) is 0 Å². The van der Waals surface area contributed by atoms with Gasteiger partial charge in [-0.1, -0.05) is 20.8 Å². The number of rotatable bonds is 7. The third kappa shape index (κ3) is 4.81. The van der Waals surface area contributed by atoms with Crippen LogP contribution in [0.5, 0.6) is 0 Å². The summed E-state index contributed by atoms with van der Waals surface area (Å²) in [4.78, 5) is 2.47. The van der Waals surface area contributed by atoms with Gasteiger partial charge in [0.05, 0.1) is 6.10 Å². The van der Waals surface area contributed by atoms with E-state index in [1.54, 1.807) is 0 Å². The van der Waals surface area contributed by atoms with Gasteiger partial charge in [-0.05, 0) is 38.3 Å². The maximum absolute atomic E-state index is 6.07. The second-order valence-electron chi connectivity index (χ2n) is 5.22. The summed E-state index contributed by atoms with van der Waals surface area (Å²) >= 11 is 0. The largest absolute Gasteiger partial charge is 0.377 e. The van der Waals surface area contributed by atoms with E-state index in [4.69, 9.17) is 10.5 Å². The van der Waals surface area contributed by atoms with Crippen LogP contribution in [0.15, 0.2) is 0 Å². The van der Waals surface area contributed by atoms with Gasteiger partial charge in [-0.2, -0.15) is 0 Å². The van der Waals surface area contributed by atoms with E-state index in [0.29, 0.717) is 18.1 Å². The fraction of sp³-hybridized carbons (Fsp3) is 1.00. The van der Waals surface area contributed by atoms with Crippen molar-refractivity contribution < 1.29 is 4.74 Å². The molecule has 16 heavy (non-hydrogen) atoms. The molecule has 1 rings (SSSR count). The normalized spacial score (nSPS) is 23.2. The second kappa shape index (κ2) is 7.25. The van der Waals surface area contributed by atoms with Crippen LogP contribution in [0.25, 0.3) is 0 Å². The Balaban J connectivity index is 2.20. The molecule has 1 fully saturated rings. The van der Waals surface area contributed by atoms with Gasteiger partial charge in [-0.15, -0.1) is 0 Å². The number of hydrogen-bond acceptors (Lipinski definition) is 3. The van der Waals surface area contributed by atoms with E-state index in [2.05, 4.69) is 25.7 Å². The molecule has 0 aromatic carbocycles. The lowest BCUT2D eigenvalue weighted by Crippen LogP contribution is -2.37. The zero-order valence-corrected chi connectivity index (χ0v) is 11.1. The summed E-state index contributed by atoms with van der Waals surface area (Å²) in [6.45, 7) is 10.9. The van der Waals surface area contributed by atoms with Gasteiger partial charge in [0.2, 0.25) is 0 Å². The Hall–Kier alpha value is -0.120. The monoisotopic (exact) mass is 228 g/mol. The predicted molar refractivity (Wildman–Crippen MR) is 68.5 cm³/mol. The van der Waals surface area contributed by atoms with Crippen molar-refractivity contribution in [1.82, 2.24) is 4.90 Å². The molecule has 96 valence electrons. The molecular weight excluding hydrogens is 200 g/mol. The smallest absolute Gasteiger partial charge is 0.0702 e. The van der Waals surface area contributed by atoms with Crippen molar-refractivity contribution in [3.8, 4) is 0 Å². The van der Waals surface area contributed by atoms with E-state index >= 15 is 0 Å². The van der Waals surface area contributed by atoms with Crippen LogP contribution in [0.1, 0.15) is 40.0 Å². The van der Waals surface area contributed by atoms with Gasteiger partial charge >= 0.3 is 0 Å². The summed E-state index contributed by atoms with van der Waals surface area (Å²) in [6.07, 6.45) is 4.02. The average Bonchev–Trinajstić information content (AvgIpc) is 2.76. The maximum atomic E-state index is 6.07. The minimum absolute atomic E-state index is 0.332. The van der Waals surface area contributed by atoms with Crippen LogP contribution in [0.3, 0.4) is 0 Å². The molecule has 0 spiro atoms. The topological polar surface area (TPSA) is 38.5 Å². The molecule has 1 heterocycles. The molecule has 1 aliphatic rings. The lowest BCUT2D eigenvalue weighted by molar-refractivity contribution is 0.0734. The highest BCUT2D eigenvalue weighted by atomic mass is 16.5. The quantitative estimate of drug-likeness (QED) is 0.723. The number of likely N-dealkylation sites (N-methyl/N-ethyl adjacent to an activating group) is 1. The van der Waals surface area contributed by atoms with E-state index in [1.165, 1.54) is 12.8 Å². The fourth-order valence-corrected chi connectivity index (χ4v) is 2.12. The molecule has 3 heteroatoms. The Morgan fingerprint density at radius 3 is 2.69 bits per heavy atom. The minimum atomic E-state index is 0.332. The average molecular weight is 228 g/mol. The van der Waals surface area contributed by atoms with Crippen molar-refractivity contribution >= 4 is 0 Å². The predicted octanol–water partition coefficient (Wildman–Crippen LogP) is 1.86. The molecule has 0 amide bonds. The summed E-state index contributed by atoms with van der Waals surface area (Å²) in [5.74, 6) is 0.585. The first kappa shape index (κ1) is 13.9. The first-order valence-electron chi connectivity index (χ1n) is 6.73. The zero-order chi connectivity index (χ0) is 12.0. The van der Waals surface area contributed by atoms with Gasteiger partial charge in [-0.3, -0.25) is 0 Å². The number of nitrogens with zero attached hydrogens (tertiary/aromatic N) is 1. The molecule has 0 aromatic heterocycles. The van der Waals surface area contributed by atoms with Gasteiger partial charge in [-0.25, -0.2) is 0 Å². The van der Waals surface area contributed by atoms with Crippen LogP contribution in [-0.4, -0.2) is 43.3 Å². The van der Waals surface area contributed by atoms with Gasteiger partial charge < -0.3 is 15.4 Å². The van der Waals surface area contributed by atoms with Crippen molar-refractivity contribution in [3.63, 3.8) is 0 Å². The van der Waals surface area contributed by atoms with E-state index in [0.717, 1.165) is 32.7 Å². The highest BCUT2D eigenvalue weighted by Gasteiger charge is 2.19. The highest BCUT2D eigenvalue weighted by molar-refractivity contribution is 4.72. The minimum Gasteiger partial charge on any atom is -0.377 e. The number of ether oxygens (including phenoxy) is 1. The molecule has 2 unspecified atom stereocenters. The Morgan fingerprint density at radius 1 is 1.44 bits per heavy atom. The summed E-state index contributed by atoms with van der Waals surface area (Å²) < 4.78 is 5.67. The molecule has 1 saturated heterocycles. The van der Waals surface area contributed by atoms with Crippen molar-refractivity contribution in [1.29, 1.82) is 0 Å². The lowest BCUT2D eigenvalue weighted by Gasteiger charge is -2.26. The maximum Gasteiger partial charge on any atom is 0.0702 e. The van der Waals surface area contributed by atoms with Gasteiger partial charge in [0.15, 0.2) is 0 Å². The summed E-state index contributed by atoms with van der Waals surface area (Å²) in [7, 11) is 0. The lowest BCUT2D eigenvalue weighted by atomic mass is 10.0. The van der Waals surface area contributed by atoms with Crippen LogP contribution in [-0.2, 0) is 4.74 Å². The van der Waals surface area contributed by atoms with Crippen molar-refractivity contribution in [2.24, 2.45) is 11.7 Å². The second-order valence-corrected chi connectivity index (χ2v) is 5.22. The first-order valence-corrected chi connectivity index (χ1v) is 6.73. The van der Waals surface area contributed by atoms with Crippen LogP contribution in [0.2, 0.25) is 0 Å². The van der Waals surface area contributed by atoms with Gasteiger partial charge in [0, 0.05) is 19.2 Å². The number of nitrogens with two attached hydrogens (primary N) is 1. The van der Waals surface area contributed by atoms with Crippen LogP contribution >= 0.6 is 0 Å². The molecule has 0 saturated carbocycles. The van der Waals surface area contributed by atoms with Crippen LogP contribution in [0, 0.1) is 5.92 Å². The third-order valence-electron chi connectivity index (χ3n) is 3.57. The summed E-state index contributed by atoms with van der Waals surface area (Å²) in [5.41, 5.74) is 6.07. The molecule has 2 atom stereocenters. The van der Waals surface area contributed by atoms with Crippen LogP contribution in [0.4, 0.5) is 0 Å². The Labute approximate surface area is 100 Å². The Morgan fingerprint density at radius 2 is 2.19 bits per heavy atom. The van der Waals surface area contributed by atoms with E-state index in [1.807, 2.05) is 0 Å². The molecule has 0 radical (unpaired) electrons. The van der Waals surface area contributed by atoms with Crippen molar-refractivity contribution in [3.05, 3.63) is 0 Å². The molecule has 1 aliphatic heterocycles. The summed E-state index contributed by atoms with van der Waals surface area (Å²) in [5, 5.41) is 0. The standard InChI is InChI=1S/C13H28N2O/c1-4-15(8-7-13(14)11(2)3)10-12-6-5-9-16-12/h11-13H,4-10,14H2,1-3H3. The van der Waals surface area contributed by atoms with Crippen LogP contribution < -0.4 is 5.73 Å². The first-order chi connectivity index (χ1) is 7.63. The van der Waals surface area contributed by atoms with Crippen molar-refractivity contribution in [2.75, 3.05) is 26.2 Å². The van der Waals surface area contributed by atoms with Gasteiger partial charge in [0.25, 0.3) is 0 Å². The van der Waals surface area contributed by atoms with E-state index < -0.39 is 0 Å². The number of hydrogen-bond donors (Lipinski definition) is 1. The highest BCUT2D eigenvalue weighted by Crippen LogP contribution is 2.14. The Kier molecular flexibility index (Phi) is 6.32.